The Morgan fingerprint density at radius 3 is 2.68 bits per heavy atom. The molecule has 0 saturated heterocycles. The lowest BCUT2D eigenvalue weighted by atomic mass is 10.0. The Bertz CT molecular complexity index is 718. The van der Waals surface area contributed by atoms with Gasteiger partial charge in [0, 0.05) is 28.8 Å². The maximum atomic E-state index is 13.2. The van der Waals surface area contributed by atoms with E-state index in [-0.39, 0.29) is 11.9 Å². The zero-order chi connectivity index (χ0) is 18.0. The topological polar surface area (TPSA) is 45.3 Å². The number of anilines is 1. The van der Waals surface area contributed by atoms with Gasteiger partial charge in [0.05, 0.1) is 6.61 Å². The van der Waals surface area contributed by atoms with Crippen LogP contribution in [0.25, 0.3) is 10.9 Å². The van der Waals surface area contributed by atoms with Crippen LogP contribution in [0.4, 0.5) is 5.69 Å². The van der Waals surface area contributed by atoms with E-state index in [2.05, 4.69) is 31.8 Å². The summed E-state index contributed by atoms with van der Waals surface area (Å²) in [6.07, 6.45) is 4.96. The van der Waals surface area contributed by atoms with E-state index in [9.17, 15) is 4.79 Å². The molecular formula is C21H30N2O2. The number of hydrogen-bond donors (Lipinski definition) is 1. The fraction of sp³-hybridized carbons (Fsp3) is 0.571. The zero-order valence-corrected chi connectivity index (χ0v) is 15.8. The Hall–Kier alpha value is -1.81. The number of fused-ring (bicyclic) bond motifs is 1. The number of hydrogen-bond acceptors (Lipinski definition) is 2. The summed E-state index contributed by atoms with van der Waals surface area (Å²) in [4.78, 5) is 18.3. The van der Waals surface area contributed by atoms with E-state index >= 15 is 0 Å². The van der Waals surface area contributed by atoms with Gasteiger partial charge in [-0.3, -0.25) is 4.79 Å². The molecule has 4 heteroatoms. The monoisotopic (exact) mass is 342 g/mol. The Morgan fingerprint density at radius 2 is 2.00 bits per heavy atom. The summed E-state index contributed by atoms with van der Waals surface area (Å²) in [5, 5.41) is 1.12. The molecule has 1 fully saturated rings. The number of aromatic amines is 1. The first-order valence-electron chi connectivity index (χ1n) is 9.47. The largest absolute Gasteiger partial charge is 0.368 e. The van der Waals surface area contributed by atoms with E-state index < -0.39 is 6.10 Å². The first kappa shape index (κ1) is 18.0. The second-order valence-corrected chi connectivity index (χ2v) is 7.85. The third kappa shape index (κ3) is 4.43. The molecule has 0 radical (unpaired) electrons. The molecular weight excluding hydrogens is 312 g/mol. The fourth-order valence-corrected chi connectivity index (χ4v) is 3.41. The molecule has 1 aromatic carbocycles. The molecule has 2 unspecified atom stereocenters. The number of H-pyrrole nitrogens is 1. The fourth-order valence-electron chi connectivity index (χ4n) is 3.41. The predicted octanol–water partition coefficient (Wildman–Crippen LogP) is 4.75. The molecule has 0 bridgehead atoms. The summed E-state index contributed by atoms with van der Waals surface area (Å²) in [5.41, 5.74) is 2.04. The predicted molar refractivity (Wildman–Crippen MR) is 103 cm³/mol. The van der Waals surface area contributed by atoms with E-state index in [1.807, 2.05) is 36.2 Å². The van der Waals surface area contributed by atoms with Crippen molar-refractivity contribution >= 4 is 22.5 Å². The van der Waals surface area contributed by atoms with Crippen LogP contribution in [0.3, 0.4) is 0 Å². The number of ether oxygens (including phenoxy) is 1. The number of amides is 1. The number of nitrogens with one attached hydrogen (secondary N) is 1. The quantitative estimate of drug-likeness (QED) is 0.752. The van der Waals surface area contributed by atoms with Gasteiger partial charge >= 0.3 is 0 Å². The molecule has 1 amide bonds. The van der Waals surface area contributed by atoms with E-state index in [1.54, 1.807) is 0 Å². The van der Waals surface area contributed by atoms with Crippen LogP contribution in [0.1, 0.15) is 47.0 Å². The van der Waals surface area contributed by atoms with Gasteiger partial charge in [-0.2, -0.15) is 0 Å². The lowest BCUT2D eigenvalue weighted by Gasteiger charge is -2.32. The first-order valence-corrected chi connectivity index (χ1v) is 9.47. The first-order chi connectivity index (χ1) is 12.0. The Balaban J connectivity index is 1.83. The molecule has 1 aromatic heterocycles. The average Bonchev–Trinajstić information content (AvgIpc) is 3.27. The van der Waals surface area contributed by atoms with Crippen LogP contribution in [-0.4, -0.2) is 29.6 Å². The number of rotatable bonds is 8. The minimum atomic E-state index is -0.405. The smallest absolute Gasteiger partial charge is 0.256 e. The summed E-state index contributed by atoms with van der Waals surface area (Å²) >= 11 is 0. The summed E-state index contributed by atoms with van der Waals surface area (Å²) in [5.74, 6) is 1.25. The van der Waals surface area contributed by atoms with Gasteiger partial charge in [0.2, 0.25) is 0 Å². The molecule has 2 aromatic rings. The van der Waals surface area contributed by atoms with Gasteiger partial charge in [-0.05, 0) is 69.2 Å². The van der Waals surface area contributed by atoms with Gasteiger partial charge in [0.25, 0.3) is 5.91 Å². The van der Waals surface area contributed by atoms with Crippen LogP contribution >= 0.6 is 0 Å². The average molecular weight is 342 g/mol. The third-order valence-electron chi connectivity index (χ3n) is 4.93. The summed E-state index contributed by atoms with van der Waals surface area (Å²) in [6, 6.07) is 8.34. The van der Waals surface area contributed by atoms with E-state index in [0.29, 0.717) is 18.4 Å². The lowest BCUT2D eigenvalue weighted by Crippen LogP contribution is -2.45. The van der Waals surface area contributed by atoms with Crippen molar-refractivity contribution < 1.29 is 9.53 Å². The van der Waals surface area contributed by atoms with Gasteiger partial charge in [0.1, 0.15) is 6.10 Å². The summed E-state index contributed by atoms with van der Waals surface area (Å²) in [7, 11) is 0. The molecule has 0 aliphatic heterocycles. The van der Waals surface area contributed by atoms with Crippen LogP contribution in [0, 0.1) is 11.8 Å². The molecule has 25 heavy (non-hydrogen) atoms. The van der Waals surface area contributed by atoms with Crippen LogP contribution in [0.2, 0.25) is 0 Å². The van der Waals surface area contributed by atoms with Crippen molar-refractivity contribution in [2.75, 3.05) is 11.5 Å². The van der Waals surface area contributed by atoms with E-state index in [1.165, 1.54) is 12.8 Å². The molecule has 2 atom stereocenters. The number of benzene rings is 1. The van der Waals surface area contributed by atoms with Crippen molar-refractivity contribution in [3.8, 4) is 0 Å². The van der Waals surface area contributed by atoms with Gasteiger partial charge < -0.3 is 14.6 Å². The highest BCUT2D eigenvalue weighted by atomic mass is 16.5. The molecule has 4 nitrogen and oxygen atoms in total. The highest BCUT2D eigenvalue weighted by Crippen LogP contribution is 2.30. The van der Waals surface area contributed by atoms with Gasteiger partial charge in [-0.25, -0.2) is 0 Å². The number of nitrogens with zero attached hydrogens (tertiary/aromatic N) is 1. The van der Waals surface area contributed by atoms with Gasteiger partial charge in [-0.15, -0.1) is 0 Å². The second kappa shape index (κ2) is 7.61. The summed E-state index contributed by atoms with van der Waals surface area (Å²) in [6.45, 7) is 9.11. The molecule has 1 N–H and O–H groups in total. The molecule has 1 saturated carbocycles. The van der Waals surface area contributed by atoms with Crippen molar-refractivity contribution in [3.63, 3.8) is 0 Å². The number of carbonyl (C=O) groups excluding carboxylic acids is 1. The van der Waals surface area contributed by atoms with Crippen molar-refractivity contribution in [2.45, 2.75) is 59.1 Å². The summed E-state index contributed by atoms with van der Waals surface area (Å²) < 4.78 is 5.86. The van der Waals surface area contributed by atoms with Crippen molar-refractivity contribution in [3.05, 3.63) is 30.5 Å². The third-order valence-corrected chi connectivity index (χ3v) is 4.93. The van der Waals surface area contributed by atoms with E-state index in [0.717, 1.165) is 23.0 Å². The minimum Gasteiger partial charge on any atom is -0.368 e. The van der Waals surface area contributed by atoms with Crippen molar-refractivity contribution in [2.24, 2.45) is 11.8 Å². The van der Waals surface area contributed by atoms with Crippen molar-refractivity contribution in [1.29, 1.82) is 0 Å². The normalized spacial score (nSPS) is 17.0. The van der Waals surface area contributed by atoms with Crippen LogP contribution < -0.4 is 4.90 Å². The molecule has 1 aliphatic rings. The highest BCUT2D eigenvalue weighted by molar-refractivity contribution is 5.98. The maximum absolute atomic E-state index is 13.2. The molecule has 0 spiro atoms. The van der Waals surface area contributed by atoms with E-state index in [4.69, 9.17) is 4.74 Å². The highest BCUT2D eigenvalue weighted by Gasteiger charge is 2.29. The second-order valence-electron chi connectivity index (χ2n) is 7.85. The van der Waals surface area contributed by atoms with Crippen molar-refractivity contribution in [1.82, 2.24) is 4.98 Å². The lowest BCUT2D eigenvalue weighted by molar-refractivity contribution is -0.129. The standard InChI is InChI=1S/C21H30N2O2/c1-14(2)11-15(3)23(21(24)16(4)25-13-17-5-6-17)19-7-8-20-18(12-19)9-10-22-20/h7-10,12,14-17,22H,5-6,11,13H2,1-4H3. The molecule has 1 heterocycles. The van der Waals surface area contributed by atoms with Crippen LogP contribution in [0.15, 0.2) is 30.5 Å². The Morgan fingerprint density at radius 1 is 1.24 bits per heavy atom. The van der Waals surface area contributed by atoms with Gasteiger partial charge in [-0.1, -0.05) is 13.8 Å². The Labute approximate surface area is 150 Å². The molecule has 3 rings (SSSR count). The molecule has 1 aliphatic carbocycles. The minimum absolute atomic E-state index is 0.0590. The van der Waals surface area contributed by atoms with Gasteiger partial charge in [0.15, 0.2) is 0 Å². The Kier molecular flexibility index (Phi) is 5.48. The zero-order valence-electron chi connectivity index (χ0n) is 15.8. The SMILES string of the molecule is CC(C)CC(C)N(C(=O)C(C)OCC1CC1)c1ccc2[nH]ccc2c1. The van der Waals surface area contributed by atoms with Crippen LogP contribution in [0.5, 0.6) is 0 Å². The number of aromatic nitrogens is 1. The maximum Gasteiger partial charge on any atom is 0.256 e. The molecule has 136 valence electrons. The number of carbonyl (C=O) groups is 1. The van der Waals surface area contributed by atoms with Crippen LogP contribution in [-0.2, 0) is 9.53 Å².